The molecule has 0 spiro atoms. The maximum Gasteiger partial charge on any atom is 0.416 e. The van der Waals surface area contributed by atoms with Crippen LogP contribution in [0.3, 0.4) is 0 Å². The predicted molar refractivity (Wildman–Crippen MR) is 144 cm³/mol. The second kappa shape index (κ2) is 10.8. The maximum absolute atomic E-state index is 13.0. The van der Waals surface area contributed by atoms with E-state index >= 15 is 0 Å². The number of pyridine rings is 1. The van der Waals surface area contributed by atoms with Gasteiger partial charge in [-0.15, -0.1) is 0 Å². The maximum atomic E-state index is 13.0. The van der Waals surface area contributed by atoms with Crippen molar-refractivity contribution in [3.05, 3.63) is 95.1 Å². The zero-order valence-electron chi connectivity index (χ0n) is 20.5. The van der Waals surface area contributed by atoms with Gasteiger partial charge in [0.1, 0.15) is 0 Å². The molecule has 1 aliphatic heterocycles. The van der Waals surface area contributed by atoms with Gasteiger partial charge in [-0.05, 0) is 60.7 Å². The second-order valence-electron chi connectivity index (χ2n) is 9.01. The fourth-order valence-electron chi connectivity index (χ4n) is 4.35. The molecule has 39 heavy (non-hydrogen) atoms. The Labute approximate surface area is 227 Å². The number of rotatable bonds is 4. The highest BCUT2D eigenvalue weighted by Gasteiger charge is 2.30. The number of piperazine rings is 1. The zero-order valence-corrected chi connectivity index (χ0v) is 21.3. The Morgan fingerprint density at radius 1 is 0.846 bits per heavy atom. The van der Waals surface area contributed by atoms with E-state index in [0.29, 0.717) is 59.2 Å². The molecule has 0 aliphatic carbocycles. The van der Waals surface area contributed by atoms with Gasteiger partial charge in [-0.2, -0.15) is 13.2 Å². The monoisotopic (exact) mass is 553 g/mol. The zero-order chi connectivity index (χ0) is 27.6. The molecule has 11 heteroatoms. The van der Waals surface area contributed by atoms with Crippen molar-refractivity contribution in [3.63, 3.8) is 0 Å². The highest BCUT2D eigenvalue weighted by molar-refractivity contribution is 6.30. The third-order valence-corrected chi connectivity index (χ3v) is 6.65. The minimum Gasteiger partial charge on any atom is -0.355 e. The number of hydrogen-bond acceptors (Lipinski definition) is 4. The van der Waals surface area contributed by atoms with Gasteiger partial charge in [0, 0.05) is 65.4 Å². The van der Waals surface area contributed by atoms with Crippen LogP contribution in [0.4, 0.5) is 35.0 Å². The van der Waals surface area contributed by atoms with Crippen LogP contribution >= 0.6 is 11.6 Å². The number of urea groups is 1. The smallest absolute Gasteiger partial charge is 0.355 e. The fraction of sp³-hybridized carbons (Fsp3) is 0.179. The van der Waals surface area contributed by atoms with Crippen molar-refractivity contribution in [2.75, 3.05) is 36.8 Å². The average Bonchev–Trinajstić information content (AvgIpc) is 2.92. The number of nitrogens with one attached hydrogen (secondary N) is 2. The number of alkyl halides is 3. The van der Waals surface area contributed by atoms with E-state index in [2.05, 4.69) is 15.6 Å². The SMILES string of the molecule is O=C(Nc1cccc(Cl)c1)N1CCN(C(=O)c2ccc(Nc3ccnc4cc(C(F)(F)F)ccc34)cc2)CC1. The van der Waals surface area contributed by atoms with Gasteiger partial charge in [0.05, 0.1) is 11.1 Å². The van der Waals surface area contributed by atoms with Crippen molar-refractivity contribution in [1.29, 1.82) is 0 Å². The Balaban J connectivity index is 1.19. The molecule has 1 aliphatic rings. The lowest BCUT2D eigenvalue weighted by molar-refractivity contribution is -0.137. The topological polar surface area (TPSA) is 77.6 Å². The van der Waals surface area contributed by atoms with E-state index in [9.17, 15) is 22.8 Å². The van der Waals surface area contributed by atoms with Gasteiger partial charge >= 0.3 is 12.2 Å². The van der Waals surface area contributed by atoms with Crippen molar-refractivity contribution >= 4 is 51.5 Å². The van der Waals surface area contributed by atoms with Crippen LogP contribution in [0.1, 0.15) is 15.9 Å². The van der Waals surface area contributed by atoms with E-state index in [-0.39, 0.29) is 17.5 Å². The summed E-state index contributed by atoms with van der Waals surface area (Å²) in [5.74, 6) is -0.148. The Morgan fingerprint density at radius 2 is 1.56 bits per heavy atom. The summed E-state index contributed by atoms with van der Waals surface area (Å²) in [6.07, 6.45) is -3.00. The van der Waals surface area contributed by atoms with Crippen LogP contribution in [-0.2, 0) is 6.18 Å². The van der Waals surface area contributed by atoms with Crippen LogP contribution in [0.5, 0.6) is 0 Å². The largest absolute Gasteiger partial charge is 0.416 e. The molecule has 5 rings (SSSR count). The van der Waals surface area contributed by atoms with Gasteiger partial charge in [-0.25, -0.2) is 4.79 Å². The molecule has 1 fully saturated rings. The Morgan fingerprint density at radius 3 is 2.26 bits per heavy atom. The first-order chi connectivity index (χ1) is 18.7. The van der Waals surface area contributed by atoms with Crippen LogP contribution in [0.25, 0.3) is 10.9 Å². The first-order valence-corrected chi connectivity index (χ1v) is 12.5. The first-order valence-electron chi connectivity index (χ1n) is 12.1. The molecule has 0 radical (unpaired) electrons. The van der Waals surface area contributed by atoms with E-state index in [1.165, 1.54) is 12.3 Å². The number of amides is 3. The number of fused-ring (bicyclic) bond motifs is 1. The molecular weight excluding hydrogens is 531 g/mol. The highest BCUT2D eigenvalue weighted by Crippen LogP contribution is 2.33. The molecule has 7 nitrogen and oxygen atoms in total. The molecule has 2 heterocycles. The van der Waals surface area contributed by atoms with Gasteiger partial charge in [0.2, 0.25) is 0 Å². The molecular formula is C28H23ClF3N5O2. The van der Waals surface area contributed by atoms with E-state index in [1.54, 1.807) is 64.4 Å². The summed E-state index contributed by atoms with van der Waals surface area (Å²) in [5, 5.41) is 7.07. The van der Waals surface area contributed by atoms with Crippen LogP contribution in [-0.4, -0.2) is 52.9 Å². The third kappa shape index (κ3) is 6.06. The molecule has 200 valence electrons. The van der Waals surface area contributed by atoms with Gasteiger partial charge in [0.15, 0.2) is 0 Å². The van der Waals surface area contributed by atoms with Crippen molar-refractivity contribution in [2.24, 2.45) is 0 Å². The molecule has 0 atom stereocenters. The molecule has 0 saturated carbocycles. The molecule has 1 saturated heterocycles. The van der Waals surface area contributed by atoms with Crippen molar-refractivity contribution < 1.29 is 22.8 Å². The second-order valence-corrected chi connectivity index (χ2v) is 9.45. The molecule has 3 aromatic carbocycles. The lowest BCUT2D eigenvalue weighted by Crippen LogP contribution is -2.51. The van der Waals surface area contributed by atoms with Crippen LogP contribution < -0.4 is 10.6 Å². The number of benzene rings is 3. The predicted octanol–water partition coefficient (Wildman–Crippen LogP) is 6.64. The molecule has 0 unspecified atom stereocenters. The Bertz CT molecular complexity index is 1520. The van der Waals surface area contributed by atoms with Crippen LogP contribution in [0.2, 0.25) is 5.02 Å². The van der Waals surface area contributed by atoms with Gasteiger partial charge < -0.3 is 20.4 Å². The number of halogens is 4. The summed E-state index contributed by atoms with van der Waals surface area (Å²) in [7, 11) is 0. The van der Waals surface area contributed by atoms with Crippen LogP contribution in [0.15, 0.2) is 79.0 Å². The van der Waals surface area contributed by atoms with E-state index < -0.39 is 11.7 Å². The Kier molecular flexibility index (Phi) is 7.30. The standard InChI is InChI=1S/C28H23ClF3N5O2/c29-20-2-1-3-22(17-20)35-27(39)37-14-12-36(13-15-37)26(38)18-4-7-21(8-5-18)34-24-10-11-33-25-16-19(28(30,31)32)6-9-23(24)25/h1-11,16-17H,12-15H2,(H,33,34)(H,35,39). The quantitative estimate of drug-likeness (QED) is 0.297. The first kappa shape index (κ1) is 26.3. The lowest BCUT2D eigenvalue weighted by Gasteiger charge is -2.34. The van der Waals surface area contributed by atoms with Gasteiger partial charge in [-0.3, -0.25) is 9.78 Å². The number of aromatic nitrogens is 1. The molecule has 0 bridgehead atoms. The van der Waals surface area contributed by atoms with Gasteiger partial charge in [0.25, 0.3) is 5.91 Å². The number of anilines is 3. The van der Waals surface area contributed by atoms with Crippen LogP contribution in [0, 0.1) is 0 Å². The summed E-state index contributed by atoms with van der Waals surface area (Å²) >= 11 is 5.97. The lowest BCUT2D eigenvalue weighted by atomic mass is 10.1. The average molecular weight is 554 g/mol. The Hall–Kier alpha value is -4.31. The molecule has 2 N–H and O–H groups in total. The molecule has 4 aromatic rings. The van der Waals surface area contributed by atoms with E-state index in [1.807, 2.05) is 0 Å². The minimum absolute atomic E-state index is 0.148. The summed E-state index contributed by atoms with van der Waals surface area (Å²) < 4.78 is 39.1. The normalized spacial score (nSPS) is 13.8. The fourth-order valence-corrected chi connectivity index (χ4v) is 4.54. The van der Waals surface area contributed by atoms with Crippen molar-refractivity contribution in [3.8, 4) is 0 Å². The van der Waals surface area contributed by atoms with Gasteiger partial charge in [-0.1, -0.05) is 23.7 Å². The summed E-state index contributed by atoms with van der Waals surface area (Å²) in [4.78, 5) is 33.0. The molecule has 1 aromatic heterocycles. The summed E-state index contributed by atoms with van der Waals surface area (Å²) in [5.41, 5.74) is 1.82. The number of nitrogens with zero attached hydrogens (tertiary/aromatic N) is 3. The van der Waals surface area contributed by atoms with E-state index in [0.717, 1.165) is 12.1 Å². The number of carbonyl (C=O) groups excluding carboxylic acids is 2. The third-order valence-electron chi connectivity index (χ3n) is 6.41. The number of hydrogen-bond donors (Lipinski definition) is 2. The number of carbonyl (C=O) groups is 2. The highest BCUT2D eigenvalue weighted by atomic mass is 35.5. The van der Waals surface area contributed by atoms with E-state index in [4.69, 9.17) is 11.6 Å². The summed E-state index contributed by atoms with van der Waals surface area (Å²) in [6, 6.07) is 18.6. The summed E-state index contributed by atoms with van der Waals surface area (Å²) in [6.45, 7) is 1.57. The van der Waals surface area contributed by atoms with Crippen molar-refractivity contribution in [2.45, 2.75) is 6.18 Å². The van der Waals surface area contributed by atoms with Crippen molar-refractivity contribution in [1.82, 2.24) is 14.8 Å². The molecule has 3 amide bonds. The minimum atomic E-state index is -4.45.